The average Bonchev–Trinajstić information content (AvgIpc) is 3.38. The number of likely N-dealkylation sites (N-methyl/N-ethyl adjacent to an activating group) is 2. The Morgan fingerprint density at radius 1 is 1.02 bits per heavy atom. The van der Waals surface area contributed by atoms with Gasteiger partial charge in [-0.05, 0) is 69.4 Å². The van der Waals surface area contributed by atoms with Gasteiger partial charge in [-0.1, -0.05) is 0 Å². The third-order valence-electron chi connectivity index (χ3n) is 7.54. The minimum absolute atomic E-state index is 0.00282. The fourth-order valence-electron chi connectivity index (χ4n) is 5.19. The zero-order valence-electron chi connectivity index (χ0n) is 24.2. The molecule has 1 aliphatic rings. The lowest BCUT2D eigenvalue weighted by molar-refractivity contribution is 0.0904. The van der Waals surface area contributed by atoms with Crippen LogP contribution in [0.5, 0.6) is 0 Å². The number of aromatic amines is 1. The number of fused-ring (bicyclic) bond motifs is 1. The molecule has 0 aliphatic carbocycles. The van der Waals surface area contributed by atoms with Gasteiger partial charge in [0, 0.05) is 56.5 Å². The van der Waals surface area contributed by atoms with E-state index in [2.05, 4.69) is 15.5 Å². The largest absolute Gasteiger partial charge is 0.381 e. The Morgan fingerprint density at radius 2 is 1.72 bits per heavy atom. The number of primary amides is 1. The smallest absolute Gasteiger partial charge is 0.250 e. The molecule has 0 atom stereocenters. The quantitative estimate of drug-likeness (QED) is 0.245. The van der Waals surface area contributed by atoms with Gasteiger partial charge in [0.15, 0.2) is 0 Å². The van der Waals surface area contributed by atoms with E-state index in [0.29, 0.717) is 66.5 Å². The number of rotatable bonds is 10. The van der Waals surface area contributed by atoms with E-state index in [0.717, 1.165) is 24.4 Å². The summed E-state index contributed by atoms with van der Waals surface area (Å²) >= 11 is 0. The number of H-pyrrole nitrogens is 1. The molecule has 1 amide bonds. The zero-order chi connectivity index (χ0) is 30.9. The standard InChI is InChI=1S/C30H34F2N6O4S/c1-37(2)10-11-38(3)26-7-5-23(30(33)39)28(34-20-8-12-42-13-9-20)27(26)29-24-17-21(4-6-25(24)35-36-29)43(40,41)22-15-18(31)14-19(32)16-22/h4-7,14-17,20,34H,8-13H2,1-3H3,(H2,33,39)(H,35,36). The predicted molar refractivity (Wildman–Crippen MR) is 161 cm³/mol. The topological polar surface area (TPSA) is 134 Å². The lowest BCUT2D eigenvalue weighted by Crippen LogP contribution is -2.31. The van der Waals surface area contributed by atoms with Gasteiger partial charge in [0.2, 0.25) is 9.84 Å². The van der Waals surface area contributed by atoms with Crippen molar-refractivity contribution < 1.29 is 26.7 Å². The Hall–Kier alpha value is -4.07. The molecular weight excluding hydrogens is 578 g/mol. The molecule has 43 heavy (non-hydrogen) atoms. The lowest BCUT2D eigenvalue weighted by atomic mass is 9.97. The number of carbonyl (C=O) groups excluding carboxylic acids is 1. The van der Waals surface area contributed by atoms with Crippen molar-refractivity contribution in [1.29, 1.82) is 0 Å². The molecule has 0 radical (unpaired) electrons. The van der Waals surface area contributed by atoms with Gasteiger partial charge in [-0.3, -0.25) is 9.89 Å². The Kier molecular flexibility index (Phi) is 8.67. The zero-order valence-corrected chi connectivity index (χ0v) is 25.0. The molecule has 0 spiro atoms. The van der Waals surface area contributed by atoms with Crippen LogP contribution >= 0.6 is 0 Å². The second kappa shape index (κ2) is 12.3. The number of benzene rings is 3. The number of amides is 1. The molecule has 0 bridgehead atoms. The van der Waals surface area contributed by atoms with Crippen LogP contribution in [0.3, 0.4) is 0 Å². The molecule has 4 N–H and O–H groups in total. The van der Waals surface area contributed by atoms with Gasteiger partial charge in [0.05, 0.1) is 32.1 Å². The third kappa shape index (κ3) is 6.33. The minimum atomic E-state index is -4.29. The van der Waals surface area contributed by atoms with E-state index in [9.17, 15) is 22.0 Å². The maximum Gasteiger partial charge on any atom is 0.250 e. The molecule has 4 aromatic rings. The lowest BCUT2D eigenvalue weighted by Gasteiger charge is -2.30. The van der Waals surface area contributed by atoms with Crippen LogP contribution in [0.1, 0.15) is 23.2 Å². The second-order valence-corrected chi connectivity index (χ2v) is 12.8. The number of sulfone groups is 1. The number of ether oxygens (including phenoxy) is 1. The van der Waals surface area contributed by atoms with Crippen molar-refractivity contribution in [3.05, 3.63) is 65.7 Å². The molecule has 3 aromatic carbocycles. The Morgan fingerprint density at radius 3 is 2.37 bits per heavy atom. The molecule has 1 fully saturated rings. The molecular formula is C30H34F2N6O4S. The van der Waals surface area contributed by atoms with Crippen LogP contribution in [0.15, 0.2) is 58.3 Å². The van der Waals surface area contributed by atoms with Crippen LogP contribution in [0.2, 0.25) is 0 Å². The maximum atomic E-state index is 14.0. The second-order valence-electron chi connectivity index (χ2n) is 10.9. The van der Waals surface area contributed by atoms with Gasteiger partial charge < -0.3 is 25.6 Å². The van der Waals surface area contributed by atoms with Crippen molar-refractivity contribution in [2.24, 2.45) is 5.73 Å². The molecule has 13 heteroatoms. The Bertz CT molecular complexity index is 1750. The molecule has 0 unspecified atom stereocenters. The summed E-state index contributed by atoms with van der Waals surface area (Å²) in [6.07, 6.45) is 1.43. The van der Waals surface area contributed by atoms with E-state index >= 15 is 0 Å². The van der Waals surface area contributed by atoms with E-state index in [1.54, 1.807) is 18.2 Å². The first-order chi connectivity index (χ1) is 20.5. The van der Waals surface area contributed by atoms with E-state index in [-0.39, 0.29) is 16.5 Å². The van der Waals surface area contributed by atoms with E-state index in [4.69, 9.17) is 10.5 Å². The summed E-state index contributed by atoms with van der Waals surface area (Å²) in [5.74, 6) is -2.63. The van der Waals surface area contributed by atoms with Crippen LogP contribution in [-0.4, -0.2) is 82.9 Å². The molecule has 1 aliphatic heterocycles. The number of hydrogen-bond acceptors (Lipinski definition) is 8. The van der Waals surface area contributed by atoms with Crippen molar-refractivity contribution in [1.82, 2.24) is 15.1 Å². The summed E-state index contributed by atoms with van der Waals surface area (Å²) in [6.45, 7) is 2.51. The van der Waals surface area contributed by atoms with Gasteiger partial charge in [-0.15, -0.1) is 0 Å². The van der Waals surface area contributed by atoms with Crippen LogP contribution < -0.4 is 16.0 Å². The number of nitrogens with one attached hydrogen (secondary N) is 2. The van der Waals surface area contributed by atoms with Gasteiger partial charge in [-0.2, -0.15) is 5.10 Å². The SMILES string of the molecule is CN(C)CCN(C)c1ccc(C(N)=O)c(NC2CCOCC2)c1-c1n[nH]c2ccc(S(=O)(=O)c3cc(F)cc(F)c3)cc12. The van der Waals surface area contributed by atoms with Gasteiger partial charge >= 0.3 is 0 Å². The molecule has 2 heterocycles. The Balaban J connectivity index is 1.73. The number of hydrogen-bond donors (Lipinski definition) is 3. The van der Waals surface area contributed by atoms with E-state index in [1.807, 2.05) is 30.9 Å². The highest BCUT2D eigenvalue weighted by atomic mass is 32.2. The first-order valence-corrected chi connectivity index (χ1v) is 15.3. The van der Waals surface area contributed by atoms with Crippen molar-refractivity contribution >= 4 is 38.0 Å². The van der Waals surface area contributed by atoms with Crippen molar-refractivity contribution in [3.63, 3.8) is 0 Å². The third-order valence-corrected chi connectivity index (χ3v) is 9.27. The fraction of sp³-hybridized carbons (Fsp3) is 0.333. The summed E-state index contributed by atoms with van der Waals surface area (Å²) in [7, 11) is 1.57. The normalized spacial score (nSPS) is 14.4. The summed E-state index contributed by atoms with van der Waals surface area (Å²) in [5.41, 5.74) is 8.85. The van der Waals surface area contributed by atoms with E-state index in [1.165, 1.54) is 12.1 Å². The van der Waals surface area contributed by atoms with Gasteiger partial charge in [0.1, 0.15) is 17.3 Å². The minimum Gasteiger partial charge on any atom is -0.381 e. The molecule has 228 valence electrons. The van der Waals surface area contributed by atoms with Crippen molar-refractivity contribution in [2.45, 2.75) is 28.7 Å². The van der Waals surface area contributed by atoms with Crippen molar-refractivity contribution in [3.8, 4) is 11.3 Å². The number of aromatic nitrogens is 2. The van der Waals surface area contributed by atoms with E-state index < -0.39 is 32.3 Å². The van der Waals surface area contributed by atoms with Gasteiger partial charge in [0.25, 0.3) is 5.91 Å². The first-order valence-electron chi connectivity index (χ1n) is 13.8. The monoisotopic (exact) mass is 612 g/mol. The highest BCUT2D eigenvalue weighted by Gasteiger charge is 2.27. The van der Waals surface area contributed by atoms with Crippen LogP contribution in [0.4, 0.5) is 20.2 Å². The van der Waals surface area contributed by atoms with Crippen LogP contribution in [0.25, 0.3) is 22.2 Å². The number of nitrogens with zero attached hydrogens (tertiary/aromatic N) is 3. The molecule has 1 aromatic heterocycles. The summed E-state index contributed by atoms with van der Waals surface area (Å²) in [5, 5.41) is 11.5. The van der Waals surface area contributed by atoms with Crippen LogP contribution in [0, 0.1) is 11.6 Å². The number of halogens is 2. The predicted octanol–water partition coefficient (Wildman–Crippen LogP) is 4.03. The Labute approximate surface area is 248 Å². The van der Waals surface area contributed by atoms with Crippen LogP contribution in [-0.2, 0) is 14.6 Å². The number of nitrogens with two attached hydrogens (primary N) is 1. The number of anilines is 2. The molecule has 5 rings (SSSR count). The highest BCUT2D eigenvalue weighted by Crippen LogP contribution is 2.43. The highest BCUT2D eigenvalue weighted by molar-refractivity contribution is 7.91. The average molecular weight is 613 g/mol. The molecule has 0 saturated carbocycles. The summed E-state index contributed by atoms with van der Waals surface area (Å²) in [6, 6.07) is 9.98. The number of carbonyl (C=O) groups is 1. The first kappa shape index (κ1) is 30.4. The maximum absolute atomic E-state index is 14.0. The van der Waals surface area contributed by atoms with Gasteiger partial charge in [-0.25, -0.2) is 17.2 Å². The molecule has 1 saturated heterocycles. The summed E-state index contributed by atoms with van der Waals surface area (Å²) in [4.78, 5) is 16.1. The van der Waals surface area contributed by atoms with Crippen molar-refractivity contribution in [2.75, 3.05) is 57.7 Å². The molecule has 10 nitrogen and oxygen atoms in total. The summed E-state index contributed by atoms with van der Waals surface area (Å²) < 4.78 is 60.4. The fourth-order valence-corrected chi connectivity index (χ4v) is 6.52.